The van der Waals surface area contributed by atoms with E-state index in [1.54, 1.807) is 7.05 Å². The number of fused-ring (bicyclic) bond motifs is 3. The number of ether oxygens (including phenoxy) is 1. The average Bonchev–Trinajstić information content (AvgIpc) is 2.69. The lowest BCUT2D eigenvalue weighted by Crippen LogP contribution is -2.22. The Morgan fingerprint density at radius 2 is 2.00 bits per heavy atom. The lowest BCUT2D eigenvalue weighted by atomic mass is 10.1. The molecule has 0 saturated carbocycles. The number of rotatable bonds is 0. The number of hydrogen-bond donors (Lipinski definition) is 0. The van der Waals surface area contributed by atoms with E-state index in [2.05, 4.69) is 0 Å². The van der Waals surface area contributed by atoms with Gasteiger partial charge in [-0.15, -0.1) is 0 Å². The third-order valence-electron chi connectivity index (χ3n) is 2.88. The number of hydrogen-bond acceptors (Lipinski definition) is 3. The fourth-order valence-electron chi connectivity index (χ4n) is 2.07. The van der Waals surface area contributed by atoms with Gasteiger partial charge in [-0.05, 0) is 12.1 Å². The number of pyridine rings is 1. The molecule has 1 aromatic carbocycles. The van der Waals surface area contributed by atoms with Crippen LogP contribution in [-0.4, -0.2) is 17.0 Å². The summed E-state index contributed by atoms with van der Waals surface area (Å²) >= 11 is 0. The van der Waals surface area contributed by atoms with E-state index >= 15 is 0 Å². The summed E-state index contributed by atoms with van der Waals surface area (Å²) in [6, 6.07) is 7.40. The summed E-state index contributed by atoms with van der Waals surface area (Å²) in [5, 5.41) is 0.811. The summed E-state index contributed by atoms with van der Waals surface area (Å²) in [6.45, 7) is -0.0292. The van der Waals surface area contributed by atoms with Gasteiger partial charge < -0.3 is 9.30 Å². The van der Waals surface area contributed by atoms with Crippen LogP contribution >= 0.6 is 0 Å². The Hall–Kier alpha value is -2.10. The Kier molecular flexibility index (Phi) is 1.68. The second kappa shape index (κ2) is 2.95. The summed E-state index contributed by atoms with van der Waals surface area (Å²) in [7, 11) is 1.66. The molecule has 1 aromatic heterocycles. The van der Waals surface area contributed by atoms with E-state index in [9.17, 15) is 9.59 Å². The van der Waals surface area contributed by atoms with Crippen molar-refractivity contribution >= 4 is 16.7 Å². The minimum atomic E-state index is -0.281. The highest BCUT2D eigenvalue weighted by Crippen LogP contribution is 2.30. The molecule has 0 N–H and O–H groups in total. The number of Topliss-reactive ketones (excluding diaryl/α,β-unsaturated/α-hetero) is 1. The van der Waals surface area contributed by atoms with Gasteiger partial charge in [-0.3, -0.25) is 9.59 Å². The second-order valence-electron chi connectivity index (χ2n) is 3.80. The zero-order valence-corrected chi connectivity index (χ0v) is 8.69. The average molecular weight is 215 g/mol. The van der Waals surface area contributed by atoms with Gasteiger partial charge >= 0.3 is 0 Å². The van der Waals surface area contributed by atoms with Gasteiger partial charge in [0.15, 0.2) is 6.61 Å². The molecule has 1 aliphatic heterocycles. The van der Waals surface area contributed by atoms with Crippen molar-refractivity contribution in [1.82, 2.24) is 4.57 Å². The maximum absolute atomic E-state index is 11.9. The molecule has 0 fully saturated rings. The largest absolute Gasteiger partial charge is 0.484 e. The Morgan fingerprint density at radius 3 is 2.81 bits per heavy atom. The van der Waals surface area contributed by atoms with E-state index in [1.807, 2.05) is 24.3 Å². The summed E-state index contributed by atoms with van der Waals surface area (Å²) in [4.78, 5) is 23.5. The van der Waals surface area contributed by atoms with Crippen molar-refractivity contribution < 1.29 is 9.53 Å². The van der Waals surface area contributed by atoms with Gasteiger partial charge in [-0.2, -0.15) is 0 Å². The van der Waals surface area contributed by atoms with Crippen molar-refractivity contribution in [3.63, 3.8) is 0 Å². The highest BCUT2D eigenvalue weighted by molar-refractivity contribution is 6.07. The molecule has 80 valence electrons. The van der Waals surface area contributed by atoms with Crippen LogP contribution in [0.1, 0.15) is 10.4 Å². The third kappa shape index (κ3) is 0.984. The van der Waals surface area contributed by atoms with E-state index in [0.717, 1.165) is 10.9 Å². The van der Waals surface area contributed by atoms with Crippen LogP contribution in [-0.2, 0) is 7.05 Å². The van der Waals surface area contributed by atoms with E-state index < -0.39 is 0 Å². The minimum absolute atomic E-state index is 0.0292. The zero-order valence-electron chi connectivity index (χ0n) is 8.69. The molecule has 0 aliphatic carbocycles. The summed E-state index contributed by atoms with van der Waals surface area (Å²) in [5.41, 5.74) is 0.679. The zero-order chi connectivity index (χ0) is 11.3. The number of benzene rings is 1. The first-order valence-corrected chi connectivity index (χ1v) is 4.98. The standard InChI is InChI=1S/C12H9NO3/c1-13-8-5-3-2-4-7(8)11-10(12(13)15)9(14)6-16-11/h2-5H,6H2,1H3. The fourth-order valence-corrected chi connectivity index (χ4v) is 2.07. The number of ketones is 1. The van der Waals surface area contributed by atoms with Crippen molar-refractivity contribution in [2.24, 2.45) is 7.05 Å². The SMILES string of the molecule is Cn1c(=O)c2c(c3ccccc31)OCC2=O. The van der Waals surface area contributed by atoms with Crippen molar-refractivity contribution in [2.45, 2.75) is 0 Å². The van der Waals surface area contributed by atoms with Gasteiger partial charge in [-0.25, -0.2) is 0 Å². The number of carbonyl (C=O) groups is 1. The van der Waals surface area contributed by atoms with Crippen molar-refractivity contribution in [2.75, 3.05) is 6.61 Å². The highest BCUT2D eigenvalue weighted by atomic mass is 16.5. The topological polar surface area (TPSA) is 48.3 Å². The molecule has 0 saturated heterocycles. The van der Waals surface area contributed by atoms with Crippen LogP contribution in [0.4, 0.5) is 0 Å². The molecule has 0 bridgehead atoms. The van der Waals surface area contributed by atoms with Crippen LogP contribution in [0.2, 0.25) is 0 Å². The number of carbonyl (C=O) groups excluding carboxylic acids is 1. The van der Waals surface area contributed by atoms with Gasteiger partial charge in [0.25, 0.3) is 5.56 Å². The highest BCUT2D eigenvalue weighted by Gasteiger charge is 2.28. The predicted octanol–water partition coefficient (Wildman–Crippen LogP) is 1.11. The van der Waals surface area contributed by atoms with Crippen molar-refractivity contribution in [1.29, 1.82) is 0 Å². The molecule has 2 aromatic rings. The van der Waals surface area contributed by atoms with Gasteiger partial charge in [0.1, 0.15) is 11.3 Å². The lowest BCUT2D eigenvalue weighted by molar-refractivity contribution is 0.0960. The molecule has 3 rings (SSSR count). The number of para-hydroxylation sites is 1. The van der Waals surface area contributed by atoms with Crippen LogP contribution in [0.25, 0.3) is 10.9 Å². The maximum atomic E-state index is 11.9. The molecule has 0 spiro atoms. The fraction of sp³-hybridized carbons (Fsp3) is 0.167. The van der Waals surface area contributed by atoms with Crippen LogP contribution in [0, 0.1) is 0 Å². The minimum Gasteiger partial charge on any atom is -0.484 e. The van der Waals surface area contributed by atoms with Gasteiger partial charge in [-0.1, -0.05) is 12.1 Å². The molecule has 0 atom stereocenters. The first-order chi connectivity index (χ1) is 7.70. The quantitative estimate of drug-likeness (QED) is 0.661. The summed E-state index contributed by atoms with van der Waals surface area (Å²) < 4.78 is 6.78. The Bertz CT molecular complexity index is 670. The van der Waals surface area contributed by atoms with Gasteiger partial charge in [0.05, 0.1) is 5.52 Å². The van der Waals surface area contributed by atoms with E-state index in [-0.39, 0.29) is 23.5 Å². The second-order valence-corrected chi connectivity index (χ2v) is 3.80. The number of nitrogens with zero attached hydrogens (tertiary/aromatic N) is 1. The van der Waals surface area contributed by atoms with Crippen molar-refractivity contribution in [3.8, 4) is 5.75 Å². The number of aryl methyl sites for hydroxylation is 1. The molecule has 4 nitrogen and oxygen atoms in total. The molecule has 4 heteroatoms. The monoisotopic (exact) mass is 215 g/mol. The van der Waals surface area contributed by atoms with Crippen LogP contribution < -0.4 is 10.3 Å². The Morgan fingerprint density at radius 1 is 1.25 bits per heavy atom. The predicted molar refractivity (Wildman–Crippen MR) is 59.0 cm³/mol. The van der Waals surface area contributed by atoms with Crippen LogP contribution in [0.3, 0.4) is 0 Å². The Labute approximate surface area is 91.1 Å². The molecule has 0 unspecified atom stereocenters. The molecular weight excluding hydrogens is 206 g/mol. The molecule has 0 radical (unpaired) electrons. The molecule has 1 aliphatic rings. The Balaban J connectivity index is 2.60. The van der Waals surface area contributed by atoms with E-state index in [0.29, 0.717) is 5.75 Å². The van der Waals surface area contributed by atoms with Crippen LogP contribution in [0.5, 0.6) is 5.75 Å². The van der Waals surface area contributed by atoms with E-state index in [4.69, 9.17) is 4.74 Å². The van der Waals surface area contributed by atoms with Gasteiger partial charge in [0.2, 0.25) is 5.78 Å². The number of aromatic nitrogens is 1. The summed E-state index contributed by atoms with van der Waals surface area (Å²) in [6.07, 6.45) is 0. The molecule has 2 heterocycles. The lowest BCUT2D eigenvalue weighted by Gasteiger charge is -2.07. The summed E-state index contributed by atoms with van der Waals surface area (Å²) in [5.74, 6) is 0.199. The molecular formula is C12H9NO3. The molecule has 0 amide bonds. The smallest absolute Gasteiger partial charge is 0.265 e. The normalized spacial score (nSPS) is 13.9. The van der Waals surface area contributed by atoms with Gasteiger partial charge in [0, 0.05) is 12.4 Å². The van der Waals surface area contributed by atoms with E-state index in [1.165, 1.54) is 4.57 Å². The maximum Gasteiger partial charge on any atom is 0.265 e. The molecule has 16 heavy (non-hydrogen) atoms. The first kappa shape index (κ1) is 9.15. The third-order valence-corrected chi connectivity index (χ3v) is 2.88. The van der Waals surface area contributed by atoms with Crippen LogP contribution in [0.15, 0.2) is 29.1 Å². The van der Waals surface area contributed by atoms with Crippen molar-refractivity contribution in [3.05, 3.63) is 40.2 Å². The first-order valence-electron chi connectivity index (χ1n) is 4.98.